The molecule has 0 aliphatic heterocycles. The van der Waals surface area contributed by atoms with Crippen LogP contribution < -0.4 is 0 Å². The minimum Gasteiger partial charge on any atom is -0.358 e. The molecule has 4 nitrogen and oxygen atoms in total. The summed E-state index contributed by atoms with van der Waals surface area (Å²) >= 11 is 6.94. The van der Waals surface area contributed by atoms with Crippen LogP contribution in [0.25, 0.3) is 11.0 Å². The third-order valence-electron chi connectivity index (χ3n) is 1.91. The van der Waals surface area contributed by atoms with Crippen LogP contribution in [0.2, 0.25) is 0 Å². The van der Waals surface area contributed by atoms with E-state index in [-0.39, 0.29) is 0 Å². The summed E-state index contributed by atoms with van der Waals surface area (Å²) in [6.45, 7) is 0. The molecule has 14 heavy (non-hydrogen) atoms. The molecule has 2 rings (SSSR count). The highest BCUT2D eigenvalue weighted by Crippen LogP contribution is 2.16. The van der Waals surface area contributed by atoms with Gasteiger partial charge in [0, 0.05) is 22.8 Å². The van der Waals surface area contributed by atoms with E-state index in [1.165, 1.54) is 0 Å². The zero-order chi connectivity index (χ0) is 9.97. The van der Waals surface area contributed by atoms with Crippen molar-refractivity contribution in [2.45, 2.75) is 11.2 Å². The molecule has 0 spiro atoms. The number of H-pyrrole nitrogens is 1. The van der Waals surface area contributed by atoms with Crippen LogP contribution in [-0.2, 0) is 6.42 Å². The lowest BCUT2D eigenvalue weighted by Gasteiger charge is -2.04. The summed E-state index contributed by atoms with van der Waals surface area (Å²) in [5.41, 5.74) is 2.79. The van der Waals surface area contributed by atoms with Crippen molar-refractivity contribution in [2.24, 2.45) is 0 Å². The van der Waals surface area contributed by atoms with E-state index in [4.69, 9.17) is 0 Å². The lowest BCUT2D eigenvalue weighted by Crippen LogP contribution is -2.07. The van der Waals surface area contributed by atoms with Crippen LogP contribution in [-0.4, -0.2) is 30.6 Å². The molecule has 0 aromatic carbocycles. The number of alkyl halides is 2. The SMILES string of the molecule is BrCC(Br)Cc1nnnc2cc[nH]c12. The molecule has 2 aromatic heterocycles. The van der Waals surface area contributed by atoms with Gasteiger partial charge < -0.3 is 4.98 Å². The molecular weight excluding hydrogens is 312 g/mol. The molecule has 0 aliphatic rings. The van der Waals surface area contributed by atoms with E-state index < -0.39 is 0 Å². The highest BCUT2D eigenvalue weighted by molar-refractivity contribution is 9.12. The van der Waals surface area contributed by atoms with Crippen molar-refractivity contribution in [1.29, 1.82) is 0 Å². The van der Waals surface area contributed by atoms with Gasteiger partial charge in [-0.2, -0.15) is 0 Å². The predicted octanol–water partition coefficient (Wildman–Crippen LogP) is 2.05. The third-order valence-corrected chi connectivity index (χ3v) is 4.21. The molecule has 0 fully saturated rings. The second kappa shape index (κ2) is 4.35. The second-order valence-corrected chi connectivity index (χ2v) is 4.87. The van der Waals surface area contributed by atoms with Crippen LogP contribution in [0.5, 0.6) is 0 Å². The van der Waals surface area contributed by atoms with Crippen LogP contribution in [0, 0.1) is 0 Å². The summed E-state index contributed by atoms with van der Waals surface area (Å²) < 4.78 is 0. The minimum absolute atomic E-state index is 0.366. The van der Waals surface area contributed by atoms with Gasteiger partial charge in [-0.25, -0.2) is 0 Å². The standard InChI is InChI=1S/C8H8Br2N4/c9-4-5(10)3-7-8-6(1-2-11-8)12-14-13-7/h1-2,5,11H,3-4H2. The van der Waals surface area contributed by atoms with E-state index in [0.717, 1.165) is 28.5 Å². The van der Waals surface area contributed by atoms with Crippen LogP contribution in [0.1, 0.15) is 5.69 Å². The topological polar surface area (TPSA) is 54.5 Å². The summed E-state index contributed by atoms with van der Waals surface area (Å²) in [6.07, 6.45) is 2.68. The number of rotatable bonds is 3. The van der Waals surface area contributed by atoms with Gasteiger partial charge in [0.1, 0.15) is 5.52 Å². The Bertz CT molecular complexity index is 428. The first kappa shape index (κ1) is 10.0. The van der Waals surface area contributed by atoms with Gasteiger partial charge in [-0.1, -0.05) is 31.9 Å². The average molecular weight is 320 g/mol. The van der Waals surface area contributed by atoms with Gasteiger partial charge >= 0.3 is 0 Å². The zero-order valence-corrected chi connectivity index (χ0v) is 10.4. The molecular formula is C8H8Br2N4. The summed E-state index contributed by atoms with van der Waals surface area (Å²) in [6, 6.07) is 1.89. The van der Waals surface area contributed by atoms with Gasteiger partial charge in [0.05, 0.1) is 11.2 Å². The lowest BCUT2D eigenvalue weighted by molar-refractivity contribution is 0.817. The van der Waals surface area contributed by atoms with Crippen LogP contribution in [0.3, 0.4) is 0 Å². The van der Waals surface area contributed by atoms with Crippen molar-refractivity contribution in [2.75, 3.05) is 5.33 Å². The first-order valence-corrected chi connectivity index (χ1v) is 6.20. The Hall–Kier alpha value is -0.490. The Balaban J connectivity index is 2.36. The van der Waals surface area contributed by atoms with E-state index in [1.807, 2.05) is 12.3 Å². The fraction of sp³-hybridized carbons (Fsp3) is 0.375. The van der Waals surface area contributed by atoms with Crippen LogP contribution >= 0.6 is 31.9 Å². The molecule has 0 saturated carbocycles. The number of nitrogens with one attached hydrogen (secondary N) is 1. The highest BCUT2D eigenvalue weighted by Gasteiger charge is 2.10. The van der Waals surface area contributed by atoms with Gasteiger partial charge in [-0.15, -0.1) is 10.2 Å². The molecule has 0 bridgehead atoms. The lowest BCUT2D eigenvalue weighted by atomic mass is 10.2. The summed E-state index contributed by atoms with van der Waals surface area (Å²) in [5.74, 6) is 0. The number of hydrogen-bond acceptors (Lipinski definition) is 3. The first-order chi connectivity index (χ1) is 6.81. The van der Waals surface area contributed by atoms with Gasteiger partial charge in [0.25, 0.3) is 0 Å². The first-order valence-electron chi connectivity index (χ1n) is 4.16. The van der Waals surface area contributed by atoms with Crippen LogP contribution in [0.4, 0.5) is 0 Å². The maximum absolute atomic E-state index is 4.02. The molecule has 1 atom stereocenters. The van der Waals surface area contributed by atoms with Crippen LogP contribution in [0.15, 0.2) is 12.3 Å². The Kier molecular flexibility index (Phi) is 3.12. The molecule has 0 aliphatic carbocycles. The Morgan fingerprint density at radius 2 is 2.29 bits per heavy atom. The predicted molar refractivity (Wildman–Crippen MR) is 61.9 cm³/mol. The molecule has 6 heteroatoms. The summed E-state index contributed by atoms with van der Waals surface area (Å²) in [5, 5.41) is 12.5. The second-order valence-electron chi connectivity index (χ2n) is 2.93. The van der Waals surface area contributed by atoms with Crippen molar-refractivity contribution >= 4 is 42.9 Å². The molecule has 1 unspecified atom stereocenters. The van der Waals surface area contributed by atoms with Crippen molar-refractivity contribution in [3.63, 3.8) is 0 Å². The van der Waals surface area contributed by atoms with Crippen molar-refractivity contribution in [1.82, 2.24) is 20.4 Å². The monoisotopic (exact) mass is 318 g/mol. The van der Waals surface area contributed by atoms with Gasteiger partial charge in [0.15, 0.2) is 0 Å². The van der Waals surface area contributed by atoms with E-state index in [2.05, 4.69) is 52.3 Å². The fourth-order valence-corrected chi connectivity index (χ4v) is 1.79. The highest BCUT2D eigenvalue weighted by atomic mass is 79.9. The largest absolute Gasteiger partial charge is 0.358 e. The molecule has 1 N–H and O–H groups in total. The minimum atomic E-state index is 0.366. The quantitative estimate of drug-likeness (QED) is 0.881. The molecule has 2 heterocycles. The third kappa shape index (κ3) is 1.95. The number of hydrogen-bond donors (Lipinski definition) is 1. The van der Waals surface area contributed by atoms with E-state index in [1.54, 1.807) is 0 Å². The normalized spacial score (nSPS) is 13.3. The van der Waals surface area contributed by atoms with E-state index in [9.17, 15) is 0 Å². The van der Waals surface area contributed by atoms with Crippen molar-refractivity contribution in [3.8, 4) is 0 Å². The molecule has 74 valence electrons. The van der Waals surface area contributed by atoms with E-state index in [0.29, 0.717) is 4.83 Å². The average Bonchev–Trinajstić information content (AvgIpc) is 2.66. The Morgan fingerprint density at radius 3 is 3.07 bits per heavy atom. The van der Waals surface area contributed by atoms with Gasteiger partial charge in [0.2, 0.25) is 0 Å². The number of fused-ring (bicyclic) bond motifs is 1. The molecule has 0 radical (unpaired) electrons. The van der Waals surface area contributed by atoms with Crippen molar-refractivity contribution in [3.05, 3.63) is 18.0 Å². The molecule has 0 amide bonds. The fourth-order valence-electron chi connectivity index (χ4n) is 1.26. The Morgan fingerprint density at radius 1 is 1.43 bits per heavy atom. The Labute approximate surface area is 97.7 Å². The van der Waals surface area contributed by atoms with Gasteiger partial charge in [-0.3, -0.25) is 0 Å². The van der Waals surface area contributed by atoms with Crippen molar-refractivity contribution < 1.29 is 0 Å². The number of aromatic nitrogens is 4. The maximum Gasteiger partial charge on any atom is 0.114 e. The number of halogens is 2. The maximum atomic E-state index is 4.02. The number of nitrogens with zero attached hydrogens (tertiary/aromatic N) is 3. The van der Waals surface area contributed by atoms with E-state index >= 15 is 0 Å². The summed E-state index contributed by atoms with van der Waals surface area (Å²) in [4.78, 5) is 3.48. The molecule has 2 aromatic rings. The zero-order valence-electron chi connectivity index (χ0n) is 7.24. The summed E-state index contributed by atoms with van der Waals surface area (Å²) in [7, 11) is 0. The number of aromatic amines is 1. The smallest absolute Gasteiger partial charge is 0.114 e. The molecule has 0 saturated heterocycles. The van der Waals surface area contributed by atoms with Gasteiger partial charge in [-0.05, 0) is 11.3 Å².